The van der Waals surface area contributed by atoms with Crippen LogP contribution in [-0.2, 0) is 31.0 Å². The van der Waals surface area contributed by atoms with Crippen LogP contribution in [0.1, 0.15) is 33.0 Å². The number of primary amides is 1. The highest BCUT2D eigenvalue weighted by atomic mass is 28.4. The third-order valence-corrected chi connectivity index (χ3v) is 5.91. The SMILES string of the molecule is CCO[Si](CCCn1nnc(CC(N)=O)n1)(OCC)OCC. The van der Waals surface area contributed by atoms with Gasteiger partial charge < -0.3 is 19.0 Å². The van der Waals surface area contributed by atoms with Gasteiger partial charge in [-0.25, -0.2) is 0 Å². The number of hydrogen-bond acceptors (Lipinski definition) is 7. The van der Waals surface area contributed by atoms with E-state index >= 15 is 0 Å². The van der Waals surface area contributed by atoms with Gasteiger partial charge in [-0.2, -0.15) is 4.80 Å². The Labute approximate surface area is 131 Å². The fourth-order valence-electron chi connectivity index (χ4n) is 2.04. The molecule has 22 heavy (non-hydrogen) atoms. The van der Waals surface area contributed by atoms with Crippen molar-refractivity contribution < 1.29 is 18.1 Å². The smallest absolute Gasteiger partial charge is 0.374 e. The summed E-state index contributed by atoms with van der Waals surface area (Å²) in [6.45, 7) is 7.98. The van der Waals surface area contributed by atoms with Crippen LogP contribution < -0.4 is 5.73 Å². The van der Waals surface area contributed by atoms with Gasteiger partial charge in [-0.3, -0.25) is 4.79 Å². The van der Waals surface area contributed by atoms with Crippen LogP contribution in [0.2, 0.25) is 6.04 Å². The number of nitrogens with two attached hydrogens (primary N) is 1. The summed E-state index contributed by atoms with van der Waals surface area (Å²) in [6, 6.07) is 0.676. The highest BCUT2D eigenvalue weighted by molar-refractivity contribution is 6.60. The lowest BCUT2D eigenvalue weighted by Gasteiger charge is -2.28. The first-order chi connectivity index (χ1) is 10.5. The molecule has 1 heterocycles. The maximum atomic E-state index is 10.8. The number of aromatic nitrogens is 4. The number of carbonyl (C=O) groups is 1. The van der Waals surface area contributed by atoms with E-state index in [2.05, 4.69) is 15.4 Å². The monoisotopic (exact) mass is 331 g/mol. The number of rotatable bonds is 12. The van der Waals surface area contributed by atoms with Crippen molar-refractivity contribution in [2.24, 2.45) is 5.73 Å². The lowest BCUT2D eigenvalue weighted by molar-refractivity contribution is -0.117. The van der Waals surface area contributed by atoms with Crippen molar-refractivity contribution in [3.63, 3.8) is 0 Å². The van der Waals surface area contributed by atoms with Crippen molar-refractivity contribution in [2.75, 3.05) is 19.8 Å². The average molecular weight is 331 g/mol. The molecular weight excluding hydrogens is 306 g/mol. The molecule has 1 amide bonds. The summed E-state index contributed by atoms with van der Waals surface area (Å²) in [6.07, 6.45) is 0.730. The van der Waals surface area contributed by atoms with Crippen molar-refractivity contribution in [1.29, 1.82) is 0 Å². The summed E-state index contributed by atoms with van der Waals surface area (Å²) in [4.78, 5) is 12.2. The molecular formula is C12H25N5O4Si. The Bertz CT molecular complexity index is 439. The first-order valence-corrected chi connectivity index (χ1v) is 9.45. The van der Waals surface area contributed by atoms with Gasteiger partial charge in [-0.15, -0.1) is 10.2 Å². The summed E-state index contributed by atoms with van der Waals surface area (Å²) < 4.78 is 17.3. The fourth-order valence-corrected chi connectivity index (χ4v) is 4.63. The number of tetrazole rings is 1. The molecule has 0 fully saturated rings. The highest BCUT2D eigenvalue weighted by Gasteiger charge is 2.39. The molecule has 0 saturated heterocycles. The van der Waals surface area contributed by atoms with Gasteiger partial charge in [0.25, 0.3) is 0 Å². The molecule has 0 aliphatic heterocycles. The van der Waals surface area contributed by atoms with E-state index < -0.39 is 14.7 Å². The Morgan fingerprint density at radius 2 is 1.77 bits per heavy atom. The molecule has 10 heteroatoms. The quantitative estimate of drug-likeness (QED) is 0.542. The molecule has 0 aromatic carbocycles. The van der Waals surface area contributed by atoms with Crippen molar-refractivity contribution in [3.8, 4) is 0 Å². The van der Waals surface area contributed by atoms with Crippen molar-refractivity contribution in [1.82, 2.24) is 20.2 Å². The first kappa shape index (κ1) is 18.7. The van der Waals surface area contributed by atoms with Crippen LogP contribution in [0.3, 0.4) is 0 Å². The van der Waals surface area contributed by atoms with E-state index in [1.807, 2.05) is 20.8 Å². The summed E-state index contributed by atoms with van der Waals surface area (Å²) >= 11 is 0. The van der Waals surface area contributed by atoms with Gasteiger partial charge in [0, 0.05) is 25.9 Å². The highest BCUT2D eigenvalue weighted by Crippen LogP contribution is 2.18. The van der Waals surface area contributed by atoms with E-state index in [0.717, 1.165) is 6.42 Å². The van der Waals surface area contributed by atoms with Crippen LogP contribution in [0.5, 0.6) is 0 Å². The maximum absolute atomic E-state index is 10.8. The predicted molar refractivity (Wildman–Crippen MR) is 80.8 cm³/mol. The van der Waals surface area contributed by atoms with Gasteiger partial charge in [0.05, 0.1) is 13.0 Å². The molecule has 1 rings (SSSR count). The summed E-state index contributed by atoms with van der Waals surface area (Å²) in [5.41, 5.74) is 5.09. The molecule has 0 unspecified atom stereocenters. The van der Waals surface area contributed by atoms with Crippen LogP contribution >= 0.6 is 0 Å². The van der Waals surface area contributed by atoms with E-state index in [0.29, 0.717) is 38.2 Å². The fraction of sp³-hybridized carbons (Fsp3) is 0.833. The van der Waals surface area contributed by atoms with Crippen molar-refractivity contribution in [3.05, 3.63) is 5.82 Å². The van der Waals surface area contributed by atoms with Gasteiger partial charge in [-0.1, -0.05) is 0 Å². The predicted octanol–water partition coefficient (Wildman–Crippen LogP) is 0.139. The summed E-state index contributed by atoms with van der Waals surface area (Å²) in [5.74, 6) is -0.148. The number of hydrogen-bond donors (Lipinski definition) is 1. The molecule has 126 valence electrons. The maximum Gasteiger partial charge on any atom is 0.500 e. The Kier molecular flexibility index (Phi) is 8.16. The number of carbonyl (C=O) groups excluding carboxylic acids is 1. The number of aryl methyl sites for hydroxylation is 1. The Balaban J connectivity index is 2.53. The molecule has 0 spiro atoms. The largest absolute Gasteiger partial charge is 0.500 e. The van der Waals surface area contributed by atoms with Crippen molar-refractivity contribution in [2.45, 2.75) is 46.2 Å². The molecule has 0 radical (unpaired) electrons. The zero-order valence-electron chi connectivity index (χ0n) is 13.4. The number of amides is 1. The molecule has 0 aliphatic carbocycles. The minimum absolute atomic E-state index is 0.00444. The Morgan fingerprint density at radius 3 is 2.27 bits per heavy atom. The lowest BCUT2D eigenvalue weighted by atomic mass is 10.4. The molecule has 9 nitrogen and oxygen atoms in total. The molecule has 0 aliphatic rings. The van der Waals surface area contributed by atoms with Gasteiger partial charge >= 0.3 is 8.80 Å². The second-order valence-electron chi connectivity index (χ2n) is 4.53. The third-order valence-electron chi connectivity index (χ3n) is 2.76. The Hall–Kier alpha value is -1.36. The van der Waals surface area contributed by atoms with Gasteiger partial charge in [0.1, 0.15) is 0 Å². The molecule has 1 aromatic rings. The molecule has 0 bridgehead atoms. The van der Waals surface area contributed by atoms with E-state index in [4.69, 9.17) is 19.0 Å². The standard InChI is InChI=1S/C12H25N5O4Si/c1-4-19-22(20-5-2,21-6-3)9-7-8-17-15-12(14-16-17)10-11(13)18/h4-10H2,1-3H3,(H2,13,18). The second kappa shape index (κ2) is 9.61. The van der Waals surface area contributed by atoms with E-state index in [1.165, 1.54) is 4.80 Å². The first-order valence-electron chi connectivity index (χ1n) is 7.52. The van der Waals surface area contributed by atoms with E-state index in [-0.39, 0.29) is 6.42 Å². The summed E-state index contributed by atoms with van der Waals surface area (Å²) in [7, 11) is -2.63. The zero-order valence-corrected chi connectivity index (χ0v) is 14.4. The normalized spacial score (nSPS) is 11.8. The second-order valence-corrected chi connectivity index (χ2v) is 7.26. The van der Waals surface area contributed by atoms with Gasteiger partial charge in [0.15, 0.2) is 5.82 Å². The van der Waals surface area contributed by atoms with E-state index in [9.17, 15) is 4.79 Å². The zero-order chi connectivity index (χ0) is 16.4. The van der Waals surface area contributed by atoms with E-state index in [1.54, 1.807) is 0 Å². The Morgan fingerprint density at radius 1 is 1.18 bits per heavy atom. The van der Waals surface area contributed by atoms with Crippen LogP contribution in [-0.4, -0.2) is 54.7 Å². The summed E-state index contributed by atoms with van der Waals surface area (Å²) in [5, 5.41) is 11.8. The molecule has 0 atom stereocenters. The molecule has 2 N–H and O–H groups in total. The minimum atomic E-state index is -2.63. The lowest BCUT2D eigenvalue weighted by Crippen LogP contribution is -2.46. The topological polar surface area (TPSA) is 114 Å². The third kappa shape index (κ3) is 6.18. The van der Waals surface area contributed by atoms with Crippen LogP contribution in [0, 0.1) is 0 Å². The minimum Gasteiger partial charge on any atom is -0.374 e. The average Bonchev–Trinajstić information content (AvgIpc) is 2.86. The molecule has 1 aromatic heterocycles. The molecule has 0 saturated carbocycles. The van der Waals surface area contributed by atoms with Gasteiger partial charge in [0.2, 0.25) is 5.91 Å². The van der Waals surface area contributed by atoms with Gasteiger partial charge in [-0.05, 0) is 32.4 Å². The number of nitrogens with zero attached hydrogens (tertiary/aromatic N) is 4. The van der Waals surface area contributed by atoms with Crippen molar-refractivity contribution >= 4 is 14.7 Å². The van der Waals surface area contributed by atoms with Crippen LogP contribution in [0.25, 0.3) is 0 Å². The van der Waals surface area contributed by atoms with Crippen LogP contribution in [0.4, 0.5) is 0 Å². The van der Waals surface area contributed by atoms with Crippen LogP contribution in [0.15, 0.2) is 0 Å².